The molecule has 0 aromatic heterocycles. The summed E-state index contributed by atoms with van der Waals surface area (Å²) >= 11 is 0. The molecule has 0 amide bonds. The zero-order valence-corrected chi connectivity index (χ0v) is 12.0. The fourth-order valence-corrected chi connectivity index (χ4v) is 2.31. The third-order valence-electron chi connectivity index (χ3n) is 3.53. The van der Waals surface area contributed by atoms with E-state index in [1.165, 1.54) is 0 Å². The highest BCUT2D eigenvalue weighted by atomic mass is 16.5. The molecule has 0 aliphatic carbocycles. The van der Waals surface area contributed by atoms with Crippen LogP contribution in [0.15, 0.2) is 54.6 Å². The number of hydrogen-bond acceptors (Lipinski definition) is 2. The molecule has 0 unspecified atom stereocenters. The van der Waals surface area contributed by atoms with E-state index in [9.17, 15) is 5.11 Å². The van der Waals surface area contributed by atoms with Gasteiger partial charge in [0.15, 0.2) is 0 Å². The Morgan fingerprint density at radius 3 is 2.40 bits per heavy atom. The minimum atomic E-state index is -0.451. The zero-order valence-electron chi connectivity index (χ0n) is 12.0. The fourth-order valence-electron chi connectivity index (χ4n) is 2.31. The summed E-state index contributed by atoms with van der Waals surface area (Å²) in [6.45, 7) is 2.75. The number of aliphatic hydroxyl groups excluding tert-OH is 1. The maximum atomic E-state index is 10.2. The van der Waals surface area contributed by atoms with Gasteiger partial charge < -0.3 is 15.2 Å². The maximum absolute atomic E-state index is 10.2. The van der Waals surface area contributed by atoms with Crippen LogP contribution in [0.5, 0.6) is 5.75 Å². The number of para-hydroxylation sites is 1. The first-order chi connectivity index (χ1) is 9.72. The Labute approximate surface area is 120 Å². The van der Waals surface area contributed by atoms with Crippen LogP contribution in [0.1, 0.15) is 30.2 Å². The van der Waals surface area contributed by atoms with Gasteiger partial charge in [-0.25, -0.2) is 0 Å². The number of quaternary nitrogens is 1. The molecule has 3 nitrogen and oxygen atoms in total. The Bertz CT molecular complexity index is 528. The number of nitrogens with two attached hydrogens (primary N) is 1. The molecular weight excluding hydrogens is 250 g/mol. The standard InChI is InChI=1S/C17H21NO2/c1-13(15-10-6-7-11-17(15)20-2)18-12-16(19)14-8-4-3-5-9-14/h3-11,13,16,18-19H,12H2,1-2H3/p+1/t13-,16-/m0/s1. The van der Waals surface area contributed by atoms with Gasteiger partial charge in [0.1, 0.15) is 24.4 Å². The number of ether oxygens (including phenoxy) is 1. The molecule has 0 spiro atoms. The van der Waals surface area contributed by atoms with Crippen molar-refractivity contribution in [1.82, 2.24) is 0 Å². The van der Waals surface area contributed by atoms with Gasteiger partial charge in [-0.15, -0.1) is 0 Å². The second-order valence-electron chi connectivity index (χ2n) is 4.93. The van der Waals surface area contributed by atoms with Crippen LogP contribution in [0.3, 0.4) is 0 Å². The van der Waals surface area contributed by atoms with Crippen molar-refractivity contribution in [3.05, 3.63) is 65.7 Å². The predicted molar refractivity (Wildman–Crippen MR) is 79.6 cm³/mol. The van der Waals surface area contributed by atoms with Crippen LogP contribution in [0.2, 0.25) is 0 Å². The molecule has 0 aliphatic heterocycles. The van der Waals surface area contributed by atoms with Crippen molar-refractivity contribution >= 4 is 0 Å². The van der Waals surface area contributed by atoms with E-state index in [0.717, 1.165) is 16.9 Å². The first-order valence-electron chi connectivity index (χ1n) is 6.91. The SMILES string of the molecule is COc1ccccc1[C@H](C)[NH2+]C[C@H](O)c1ccccc1. The van der Waals surface area contributed by atoms with Crippen molar-refractivity contribution in [2.24, 2.45) is 0 Å². The van der Waals surface area contributed by atoms with Crippen molar-refractivity contribution in [2.75, 3.05) is 13.7 Å². The molecule has 106 valence electrons. The molecule has 0 fully saturated rings. The molecule has 3 N–H and O–H groups in total. The molecule has 2 aromatic carbocycles. The van der Waals surface area contributed by atoms with E-state index in [0.29, 0.717) is 6.54 Å². The van der Waals surface area contributed by atoms with Gasteiger partial charge in [0, 0.05) is 0 Å². The number of methoxy groups -OCH3 is 1. The average Bonchev–Trinajstić information content (AvgIpc) is 2.53. The molecule has 2 atom stereocenters. The van der Waals surface area contributed by atoms with Crippen molar-refractivity contribution in [3.63, 3.8) is 0 Å². The number of hydrogen-bond donors (Lipinski definition) is 2. The van der Waals surface area contributed by atoms with E-state index in [-0.39, 0.29) is 6.04 Å². The van der Waals surface area contributed by atoms with Crippen molar-refractivity contribution in [1.29, 1.82) is 0 Å². The summed E-state index contributed by atoms with van der Waals surface area (Å²) in [5.74, 6) is 0.894. The minimum absolute atomic E-state index is 0.240. The van der Waals surface area contributed by atoms with Crippen LogP contribution in [0.4, 0.5) is 0 Å². The molecule has 0 radical (unpaired) electrons. The van der Waals surface area contributed by atoms with Crippen molar-refractivity contribution in [2.45, 2.75) is 19.1 Å². The van der Waals surface area contributed by atoms with Gasteiger partial charge in [0.2, 0.25) is 0 Å². The monoisotopic (exact) mass is 272 g/mol. The third kappa shape index (κ3) is 3.59. The lowest BCUT2D eigenvalue weighted by Crippen LogP contribution is -2.85. The van der Waals surface area contributed by atoms with Crippen LogP contribution in [0.25, 0.3) is 0 Å². The molecular formula is C17H22NO2+. The molecule has 0 bridgehead atoms. The highest BCUT2D eigenvalue weighted by Crippen LogP contribution is 2.22. The number of benzene rings is 2. The summed E-state index contributed by atoms with van der Waals surface area (Å²) < 4.78 is 5.38. The van der Waals surface area contributed by atoms with E-state index < -0.39 is 6.10 Å². The summed E-state index contributed by atoms with van der Waals surface area (Å²) in [7, 11) is 1.68. The molecule has 0 aliphatic rings. The first kappa shape index (κ1) is 14.6. The molecule has 2 rings (SSSR count). The van der Waals surface area contributed by atoms with Crippen LogP contribution in [-0.4, -0.2) is 18.8 Å². The van der Waals surface area contributed by atoms with Gasteiger partial charge in [-0.2, -0.15) is 0 Å². The lowest BCUT2D eigenvalue weighted by atomic mass is 10.1. The van der Waals surface area contributed by atoms with Gasteiger partial charge in [-0.3, -0.25) is 0 Å². The normalized spacial score (nSPS) is 13.8. The lowest BCUT2D eigenvalue weighted by Gasteiger charge is -2.16. The predicted octanol–water partition coefficient (Wildman–Crippen LogP) is 2.05. The molecule has 3 heteroatoms. The van der Waals surface area contributed by atoms with Crippen LogP contribution in [-0.2, 0) is 0 Å². The molecule has 0 heterocycles. The largest absolute Gasteiger partial charge is 0.496 e. The number of rotatable bonds is 6. The minimum Gasteiger partial charge on any atom is -0.496 e. The highest BCUT2D eigenvalue weighted by molar-refractivity contribution is 5.34. The second-order valence-corrected chi connectivity index (χ2v) is 4.93. The molecule has 0 saturated carbocycles. The van der Waals surface area contributed by atoms with E-state index in [4.69, 9.17) is 4.74 Å². The maximum Gasteiger partial charge on any atom is 0.128 e. The van der Waals surface area contributed by atoms with E-state index in [1.807, 2.05) is 48.5 Å². The van der Waals surface area contributed by atoms with Gasteiger partial charge in [0.05, 0.1) is 12.7 Å². The lowest BCUT2D eigenvalue weighted by molar-refractivity contribution is -0.699. The Kier molecular flexibility index (Phi) is 5.16. The zero-order chi connectivity index (χ0) is 14.4. The molecule has 0 saturated heterocycles. The summed E-state index contributed by atoms with van der Waals surface area (Å²) in [5, 5.41) is 12.3. The Morgan fingerprint density at radius 1 is 1.05 bits per heavy atom. The number of aliphatic hydroxyl groups is 1. The van der Waals surface area contributed by atoms with Gasteiger partial charge in [0.25, 0.3) is 0 Å². The summed E-state index contributed by atoms with van der Waals surface area (Å²) in [4.78, 5) is 0. The van der Waals surface area contributed by atoms with Gasteiger partial charge >= 0.3 is 0 Å². The molecule has 2 aromatic rings. The third-order valence-corrected chi connectivity index (χ3v) is 3.53. The first-order valence-corrected chi connectivity index (χ1v) is 6.91. The second kappa shape index (κ2) is 7.08. The quantitative estimate of drug-likeness (QED) is 0.845. The van der Waals surface area contributed by atoms with Crippen molar-refractivity contribution in [3.8, 4) is 5.75 Å². The van der Waals surface area contributed by atoms with Crippen LogP contribution < -0.4 is 10.1 Å². The van der Waals surface area contributed by atoms with Crippen molar-refractivity contribution < 1.29 is 15.2 Å². The van der Waals surface area contributed by atoms with E-state index in [2.05, 4.69) is 18.3 Å². The Morgan fingerprint density at radius 2 is 1.70 bits per heavy atom. The average molecular weight is 272 g/mol. The topological polar surface area (TPSA) is 46.1 Å². The van der Waals surface area contributed by atoms with E-state index >= 15 is 0 Å². The van der Waals surface area contributed by atoms with Gasteiger partial charge in [-0.1, -0.05) is 42.5 Å². The Balaban J connectivity index is 1.97. The van der Waals surface area contributed by atoms with E-state index in [1.54, 1.807) is 7.11 Å². The van der Waals surface area contributed by atoms with Gasteiger partial charge in [-0.05, 0) is 24.6 Å². The smallest absolute Gasteiger partial charge is 0.128 e. The summed E-state index contributed by atoms with van der Waals surface area (Å²) in [6.07, 6.45) is -0.451. The summed E-state index contributed by atoms with van der Waals surface area (Å²) in [5.41, 5.74) is 2.10. The van der Waals surface area contributed by atoms with Crippen LogP contribution >= 0.6 is 0 Å². The fraction of sp³-hybridized carbons (Fsp3) is 0.294. The summed E-state index contributed by atoms with van der Waals surface area (Å²) in [6, 6.07) is 18.0. The van der Waals surface area contributed by atoms with Crippen LogP contribution in [0, 0.1) is 0 Å². The molecule has 20 heavy (non-hydrogen) atoms. The Hall–Kier alpha value is -1.84. The highest BCUT2D eigenvalue weighted by Gasteiger charge is 2.16.